The topological polar surface area (TPSA) is 86.3 Å². The van der Waals surface area contributed by atoms with Crippen molar-refractivity contribution in [3.05, 3.63) is 59.7 Å². The molecule has 0 saturated carbocycles. The summed E-state index contributed by atoms with van der Waals surface area (Å²) in [5.41, 5.74) is 1.33. The van der Waals surface area contributed by atoms with Gasteiger partial charge in [-0.25, -0.2) is 8.42 Å². The van der Waals surface area contributed by atoms with Crippen molar-refractivity contribution in [2.75, 3.05) is 4.72 Å². The molecule has 0 spiro atoms. The Balaban J connectivity index is 2.21. The van der Waals surface area contributed by atoms with E-state index in [-0.39, 0.29) is 16.1 Å². The summed E-state index contributed by atoms with van der Waals surface area (Å²) < 4.78 is 26.9. The minimum absolute atomic E-state index is 0.00997. The highest BCUT2D eigenvalue weighted by Gasteiger charge is 2.14. The number of carboxylic acid groups (broad SMARTS) is 1. The number of hydrogen-bond acceptors (Lipinski definition) is 4. The second kappa shape index (κ2) is 6.19. The minimum atomic E-state index is -3.70. The van der Waals surface area contributed by atoms with Gasteiger partial charge in [-0.3, -0.25) is 4.72 Å². The summed E-state index contributed by atoms with van der Waals surface area (Å²) in [6, 6.07) is 12.0. The molecule has 5 nitrogen and oxygen atoms in total. The number of sulfonamides is 1. The zero-order valence-corrected chi connectivity index (χ0v) is 13.1. The molecule has 22 heavy (non-hydrogen) atoms. The van der Waals surface area contributed by atoms with E-state index in [1.165, 1.54) is 24.3 Å². The van der Waals surface area contributed by atoms with Crippen LogP contribution in [0.25, 0.3) is 0 Å². The Kier molecular flexibility index (Phi) is 4.51. The first kappa shape index (κ1) is 16.0. The van der Waals surface area contributed by atoms with Crippen molar-refractivity contribution in [3.63, 3.8) is 0 Å². The Hall–Kier alpha value is -2.34. The molecule has 0 aromatic heterocycles. The molecule has 0 atom stereocenters. The maximum atomic E-state index is 12.3. The average Bonchev–Trinajstić information content (AvgIpc) is 2.47. The fourth-order valence-electron chi connectivity index (χ4n) is 1.92. The molecule has 2 rings (SSSR count). The first-order valence-electron chi connectivity index (χ1n) is 6.74. The number of anilines is 1. The van der Waals surface area contributed by atoms with Crippen LogP contribution < -0.4 is 9.83 Å². The van der Waals surface area contributed by atoms with Crippen LogP contribution in [-0.2, 0) is 10.0 Å². The van der Waals surface area contributed by atoms with E-state index in [2.05, 4.69) is 4.72 Å². The molecule has 0 aliphatic heterocycles. The molecule has 0 aliphatic rings. The van der Waals surface area contributed by atoms with Crippen LogP contribution in [0.4, 0.5) is 5.69 Å². The SMILES string of the molecule is CC(C)c1ccc(S(=O)(=O)Nc2ccc(C(=O)[O-])cc2)cc1. The van der Waals surface area contributed by atoms with E-state index in [0.717, 1.165) is 5.56 Å². The first-order valence-corrected chi connectivity index (χ1v) is 8.22. The molecule has 0 fully saturated rings. The van der Waals surface area contributed by atoms with Gasteiger partial charge in [0.1, 0.15) is 0 Å². The van der Waals surface area contributed by atoms with Gasteiger partial charge >= 0.3 is 0 Å². The molecule has 2 aromatic carbocycles. The van der Waals surface area contributed by atoms with Crippen LogP contribution in [0.2, 0.25) is 0 Å². The molecule has 1 N–H and O–H groups in total. The lowest BCUT2D eigenvalue weighted by molar-refractivity contribution is -0.255. The molecule has 0 radical (unpaired) electrons. The summed E-state index contributed by atoms with van der Waals surface area (Å²) in [5.74, 6) is -0.986. The summed E-state index contributed by atoms with van der Waals surface area (Å²) in [7, 11) is -3.70. The summed E-state index contributed by atoms with van der Waals surface area (Å²) >= 11 is 0. The number of rotatable bonds is 5. The smallest absolute Gasteiger partial charge is 0.261 e. The molecule has 0 unspecified atom stereocenters. The molecule has 0 aliphatic carbocycles. The summed E-state index contributed by atoms with van der Waals surface area (Å²) in [6.07, 6.45) is 0. The van der Waals surface area contributed by atoms with E-state index in [4.69, 9.17) is 0 Å². The van der Waals surface area contributed by atoms with E-state index in [9.17, 15) is 18.3 Å². The van der Waals surface area contributed by atoms with Gasteiger partial charge in [-0.2, -0.15) is 0 Å². The van der Waals surface area contributed by atoms with Crippen LogP contribution in [0.5, 0.6) is 0 Å². The highest BCUT2D eigenvalue weighted by Crippen LogP contribution is 2.20. The van der Waals surface area contributed by atoms with Crippen molar-refractivity contribution in [1.29, 1.82) is 0 Å². The number of hydrogen-bond donors (Lipinski definition) is 1. The molecule has 116 valence electrons. The fraction of sp³-hybridized carbons (Fsp3) is 0.188. The van der Waals surface area contributed by atoms with Crippen molar-refractivity contribution < 1.29 is 18.3 Å². The second-order valence-corrected chi connectivity index (χ2v) is 6.88. The van der Waals surface area contributed by atoms with Crippen LogP contribution in [0, 0.1) is 0 Å². The third kappa shape index (κ3) is 3.65. The minimum Gasteiger partial charge on any atom is -0.545 e. The highest BCUT2D eigenvalue weighted by molar-refractivity contribution is 7.92. The quantitative estimate of drug-likeness (QED) is 0.913. The van der Waals surface area contributed by atoms with Gasteiger partial charge < -0.3 is 9.90 Å². The van der Waals surface area contributed by atoms with E-state index in [1.807, 2.05) is 13.8 Å². The van der Waals surface area contributed by atoms with Crippen molar-refractivity contribution >= 4 is 21.7 Å². The maximum absolute atomic E-state index is 12.3. The van der Waals surface area contributed by atoms with Crippen molar-refractivity contribution in [2.24, 2.45) is 0 Å². The van der Waals surface area contributed by atoms with Gasteiger partial charge in [0, 0.05) is 5.69 Å². The van der Waals surface area contributed by atoms with Crippen molar-refractivity contribution in [3.8, 4) is 0 Å². The zero-order valence-electron chi connectivity index (χ0n) is 12.2. The Bertz CT molecular complexity index is 763. The van der Waals surface area contributed by atoms with Crippen LogP contribution in [0.3, 0.4) is 0 Å². The number of benzene rings is 2. The van der Waals surface area contributed by atoms with Gasteiger partial charge in [0.25, 0.3) is 10.0 Å². The second-order valence-electron chi connectivity index (χ2n) is 5.19. The van der Waals surface area contributed by atoms with Gasteiger partial charge in [0.2, 0.25) is 0 Å². The van der Waals surface area contributed by atoms with Gasteiger partial charge in [0.15, 0.2) is 0 Å². The Morgan fingerprint density at radius 2 is 1.55 bits per heavy atom. The number of carbonyl (C=O) groups excluding carboxylic acids is 1. The lowest BCUT2D eigenvalue weighted by atomic mass is 10.0. The summed E-state index contributed by atoms with van der Waals surface area (Å²) in [6.45, 7) is 4.06. The van der Waals surface area contributed by atoms with Crippen LogP contribution in [-0.4, -0.2) is 14.4 Å². The molecule has 0 bridgehead atoms. The Morgan fingerprint density at radius 3 is 2.00 bits per heavy atom. The number of carboxylic acids is 1. The van der Waals surface area contributed by atoms with E-state index < -0.39 is 16.0 Å². The lowest BCUT2D eigenvalue weighted by Gasteiger charge is -2.10. The van der Waals surface area contributed by atoms with Crippen LogP contribution >= 0.6 is 0 Å². The third-order valence-electron chi connectivity index (χ3n) is 3.23. The predicted octanol–water partition coefficient (Wildman–Crippen LogP) is 1.97. The molecule has 6 heteroatoms. The molecule has 0 amide bonds. The van der Waals surface area contributed by atoms with E-state index >= 15 is 0 Å². The van der Waals surface area contributed by atoms with Crippen molar-refractivity contribution in [1.82, 2.24) is 0 Å². The highest BCUT2D eigenvalue weighted by atomic mass is 32.2. The lowest BCUT2D eigenvalue weighted by Crippen LogP contribution is -2.22. The largest absolute Gasteiger partial charge is 0.545 e. The normalized spacial score (nSPS) is 11.4. The molecular formula is C16H16NO4S-. The van der Waals surface area contributed by atoms with Crippen LogP contribution in [0.1, 0.15) is 35.7 Å². The zero-order chi connectivity index (χ0) is 16.3. The molecule has 2 aromatic rings. The average molecular weight is 318 g/mol. The standard InChI is InChI=1S/C16H17NO4S/c1-11(2)12-5-9-15(10-6-12)22(20,21)17-14-7-3-13(4-8-14)16(18)19/h3-11,17H,1-2H3,(H,18,19)/p-1. The number of aromatic carboxylic acids is 1. The van der Waals surface area contributed by atoms with Crippen molar-refractivity contribution in [2.45, 2.75) is 24.7 Å². The first-order chi connectivity index (χ1) is 10.3. The monoisotopic (exact) mass is 318 g/mol. The van der Waals surface area contributed by atoms with Gasteiger partial charge in [0.05, 0.1) is 10.9 Å². The molecule has 0 heterocycles. The molecule has 0 saturated heterocycles. The predicted molar refractivity (Wildman–Crippen MR) is 82.1 cm³/mol. The van der Waals surface area contributed by atoms with Crippen LogP contribution in [0.15, 0.2) is 53.4 Å². The number of nitrogens with one attached hydrogen (secondary N) is 1. The fourth-order valence-corrected chi connectivity index (χ4v) is 2.98. The van der Waals surface area contributed by atoms with E-state index in [1.54, 1.807) is 24.3 Å². The Labute approximate surface area is 129 Å². The number of carbonyl (C=O) groups is 1. The van der Waals surface area contributed by atoms with E-state index in [0.29, 0.717) is 5.92 Å². The Morgan fingerprint density at radius 1 is 1.00 bits per heavy atom. The van der Waals surface area contributed by atoms with Gasteiger partial charge in [-0.15, -0.1) is 0 Å². The summed E-state index contributed by atoms with van der Waals surface area (Å²) in [5, 5.41) is 10.7. The van der Waals surface area contributed by atoms with Gasteiger partial charge in [-0.05, 0) is 41.3 Å². The maximum Gasteiger partial charge on any atom is 0.261 e. The summed E-state index contributed by atoms with van der Waals surface area (Å²) in [4.78, 5) is 10.8. The van der Waals surface area contributed by atoms with Gasteiger partial charge in [-0.1, -0.05) is 38.1 Å². The molecular weight excluding hydrogens is 302 g/mol. The third-order valence-corrected chi connectivity index (χ3v) is 4.63.